The van der Waals surface area contributed by atoms with E-state index in [1.807, 2.05) is 66.7 Å². The average Bonchev–Trinajstić information content (AvgIpc) is 3.29. The number of carboxylic acids is 1. The number of aromatic nitrogens is 1. The van der Waals surface area contributed by atoms with Crippen LogP contribution in [-0.4, -0.2) is 46.3 Å². The molecule has 1 atom stereocenters. The van der Waals surface area contributed by atoms with E-state index in [9.17, 15) is 14.4 Å². The quantitative estimate of drug-likeness (QED) is 0.366. The number of benzodiazepines with no additional fused rings is 1. The molecule has 1 aromatic heterocycles. The number of nitrogens with one attached hydrogen (secondary N) is 2. The molecule has 0 saturated heterocycles. The number of fused-ring (bicyclic) bond motifs is 2. The zero-order chi connectivity index (χ0) is 25.1. The van der Waals surface area contributed by atoms with Crippen LogP contribution in [0.2, 0.25) is 0 Å². The number of aliphatic imine (C=N–C) groups is 1. The first-order valence-corrected chi connectivity index (χ1v) is 11.3. The summed E-state index contributed by atoms with van der Waals surface area (Å²) in [6.45, 7) is -0.00149. The lowest BCUT2D eigenvalue weighted by Gasteiger charge is -2.24. The molecule has 0 saturated carbocycles. The maximum absolute atomic E-state index is 13.7. The topological polar surface area (TPSA) is 115 Å². The molecule has 2 amide bonds. The van der Waals surface area contributed by atoms with Crippen molar-refractivity contribution < 1.29 is 19.5 Å². The van der Waals surface area contributed by atoms with Gasteiger partial charge in [-0.05, 0) is 18.2 Å². The van der Waals surface area contributed by atoms with Crippen LogP contribution >= 0.6 is 0 Å². The molecule has 2 heterocycles. The Kier molecular flexibility index (Phi) is 6.15. The van der Waals surface area contributed by atoms with E-state index in [0.29, 0.717) is 22.7 Å². The molecule has 3 N–H and O–H groups in total. The summed E-state index contributed by atoms with van der Waals surface area (Å²) in [5.41, 5.74) is 3.71. The molecule has 36 heavy (non-hydrogen) atoms. The van der Waals surface area contributed by atoms with Crippen molar-refractivity contribution in [2.45, 2.75) is 6.17 Å². The molecule has 0 bridgehead atoms. The van der Waals surface area contributed by atoms with E-state index in [-0.39, 0.29) is 6.54 Å². The van der Waals surface area contributed by atoms with E-state index >= 15 is 0 Å². The van der Waals surface area contributed by atoms with Crippen LogP contribution in [0.4, 0.5) is 5.69 Å². The normalized spacial score (nSPS) is 15.4. The highest BCUT2D eigenvalue weighted by Gasteiger charge is 2.33. The van der Waals surface area contributed by atoms with Gasteiger partial charge in [-0.3, -0.25) is 9.59 Å². The summed E-state index contributed by atoms with van der Waals surface area (Å²) in [6, 6.07) is 25.9. The summed E-state index contributed by atoms with van der Waals surface area (Å²) in [4.78, 5) is 47.2. The molecule has 178 valence electrons. The third-order valence-corrected chi connectivity index (χ3v) is 5.85. The summed E-state index contributed by atoms with van der Waals surface area (Å²) in [6.07, 6.45) is 1.14. The van der Waals surface area contributed by atoms with Crippen molar-refractivity contribution in [1.82, 2.24) is 10.3 Å². The number of nitrogens with zero attached hydrogens (tertiary/aromatic N) is 2. The molecule has 4 aromatic rings. The molecule has 1 unspecified atom stereocenters. The van der Waals surface area contributed by atoms with Gasteiger partial charge in [0.2, 0.25) is 6.17 Å². The van der Waals surface area contributed by atoms with Crippen LogP contribution in [0, 0.1) is 0 Å². The highest BCUT2D eigenvalue weighted by atomic mass is 16.4. The molecular formula is C28H22N4O4. The second-order valence-corrected chi connectivity index (χ2v) is 8.20. The molecule has 0 fully saturated rings. The predicted molar refractivity (Wildman–Crippen MR) is 137 cm³/mol. The highest BCUT2D eigenvalue weighted by molar-refractivity contribution is 6.20. The van der Waals surface area contributed by atoms with Crippen molar-refractivity contribution in [2.24, 2.45) is 4.99 Å². The molecule has 0 aliphatic carbocycles. The second-order valence-electron chi connectivity index (χ2n) is 8.20. The lowest BCUT2D eigenvalue weighted by atomic mass is 10.0. The van der Waals surface area contributed by atoms with Crippen LogP contribution in [0.3, 0.4) is 0 Å². The smallest absolute Gasteiger partial charge is 0.328 e. The van der Waals surface area contributed by atoms with E-state index in [1.165, 1.54) is 11.0 Å². The standard InChI is InChI=1S/C28H22N4O4/c33-24(34)15-8-16-32-23-14-7-5-12-20(23)25(18-9-2-1-3-10-18)30-26(28(32)36)31-27(35)22-17-19-11-4-6-13-21(19)29-22/h1-15,17,26,29H,16H2,(H,31,35)(H,33,34). The molecule has 3 aromatic carbocycles. The van der Waals surface area contributed by atoms with E-state index in [1.54, 1.807) is 18.2 Å². The van der Waals surface area contributed by atoms with Gasteiger partial charge in [-0.15, -0.1) is 0 Å². The van der Waals surface area contributed by atoms with Crippen molar-refractivity contribution in [3.8, 4) is 0 Å². The van der Waals surface area contributed by atoms with Gasteiger partial charge in [-0.1, -0.05) is 72.8 Å². The Balaban J connectivity index is 1.57. The number of carbonyl (C=O) groups excluding carboxylic acids is 2. The van der Waals surface area contributed by atoms with Crippen LogP contribution in [0.5, 0.6) is 0 Å². The minimum Gasteiger partial charge on any atom is -0.478 e. The average molecular weight is 479 g/mol. The first-order valence-electron chi connectivity index (χ1n) is 11.3. The van der Waals surface area contributed by atoms with Gasteiger partial charge in [0.1, 0.15) is 5.69 Å². The van der Waals surface area contributed by atoms with Gasteiger partial charge in [-0.2, -0.15) is 0 Å². The number of anilines is 1. The second kappa shape index (κ2) is 9.71. The number of carboxylic acid groups (broad SMARTS) is 1. The van der Waals surface area contributed by atoms with Crippen molar-refractivity contribution in [2.75, 3.05) is 11.4 Å². The number of aromatic amines is 1. The summed E-state index contributed by atoms with van der Waals surface area (Å²) < 4.78 is 0. The van der Waals surface area contributed by atoms with Gasteiger partial charge < -0.3 is 20.3 Å². The Bertz CT molecular complexity index is 1490. The monoisotopic (exact) mass is 478 g/mol. The van der Waals surface area contributed by atoms with E-state index in [2.05, 4.69) is 10.3 Å². The van der Waals surface area contributed by atoms with Gasteiger partial charge >= 0.3 is 5.97 Å². The molecule has 0 spiro atoms. The maximum atomic E-state index is 13.7. The first-order chi connectivity index (χ1) is 17.5. The lowest BCUT2D eigenvalue weighted by Crippen LogP contribution is -2.47. The number of hydrogen-bond donors (Lipinski definition) is 3. The Labute approximate surface area is 206 Å². The molecule has 1 aliphatic rings. The van der Waals surface area contributed by atoms with Crippen molar-refractivity contribution in [3.05, 3.63) is 114 Å². The lowest BCUT2D eigenvalue weighted by molar-refractivity contribution is -0.131. The van der Waals surface area contributed by atoms with Crippen molar-refractivity contribution >= 4 is 40.1 Å². The van der Waals surface area contributed by atoms with Gasteiger partial charge in [0.15, 0.2) is 0 Å². The number of hydrogen-bond acceptors (Lipinski definition) is 4. The maximum Gasteiger partial charge on any atom is 0.328 e. The number of amides is 2. The first kappa shape index (κ1) is 22.8. The fourth-order valence-corrected chi connectivity index (χ4v) is 4.19. The van der Waals surface area contributed by atoms with Gasteiger partial charge in [0.05, 0.1) is 11.4 Å². The number of rotatable bonds is 6. The number of benzene rings is 3. The van der Waals surface area contributed by atoms with Gasteiger partial charge in [0.25, 0.3) is 11.8 Å². The van der Waals surface area contributed by atoms with Gasteiger partial charge in [-0.25, -0.2) is 9.79 Å². The fourth-order valence-electron chi connectivity index (χ4n) is 4.19. The molecule has 8 nitrogen and oxygen atoms in total. The summed E-state index contributed by atoms with van der Waals surface area (Å²) in [5, 5.41) is 12.7. The number of carbonyl (C=O) groups is 3. The SMILES string of the molecule is O=C(O)C=CCN1C(=O)C(NC(=O)c2cc3ccccc3[nH]2)N=C(c2ccccc2)c2ccccc21. The minimum atomic E-state index is -1.23. The predicted octanol–water partition coefficient (Wildman–Crippen LogP) is 3.75. The van der Waals surface area contributed by atoms with E-state index < -0.39 is 23.9 Å². The van der Waals surface area contributed by atoms with Crippen LogP contribution in [-0.2, 0) is 9.59 Å². The van der Waals surface area contributed by atoms with Crippen LogP contribution in [0.15, 0.2) is 102 Å². The molecule has 0 radical (unpaired) electrons. The fraction of sp³-hybridized carbons (Fsp3) is 0.0714. The molecule has 8 heteroatoms. The minimum absolute atomic E-state index is 0.00149. The number of H-pyrrole nitrogens is 1. The Morgan fingerprint density at radius 1 is 1.00 bits per heavy atom. The van der Waals surface area contributed by atoms with Crippen molar-refractivity contribution in [1.29, 1.82) is 0 Å². The van der Waals surface area contributed by atoms with Crippen LogP contribution < -0.4 is 10.2 Å². The third kappa shape index (κ3) is 4.52. The summed E-state index contributed by atoms with van der Waals surface area (Å²) in [5.74, 6) is -2.07. The third-order valence-electron chi connectivity index (χ3n) is 5.85. The number of aliphatic carboxylic acids is 1. The number of para-hydroxylation sites is 2. The van der Waals surface area contributed by atoms with Crippen LogP contribution in [0.25, 0.3) is 10.9 Å². The summed E-state index contributed by atoms with van der Waals surface area (Å²) >= 11 is 0. The zero-order valence-corrected chi connectivity index (χ0v) is 19.1. The Morgan fingerprint density at radius 2 is 1.72 bits per heavy atom. The highest BCUT2D eigenvalue weighted by Crippen LogP contribution is 2.28. The summed E-state index contributed by atoms with van der Waals surface area (Å²) in [7, 11) is 0. The van der Waals surface area contributed by atoms with Crippen LogP contribution in [0.1, 0.15) is 21.6 Å². The Hall–Kier alpha value is -4.98. The zero-order valence-electron chi connectivity index (χ0n) is 19.1. The van der Waals surface area contributed by atoms with Gasteiger partial charge in [0, 0.05) is 34.7 Å². The largest absolute Gasteiger partial charge is 0.478 e. The molecule has 5 rings (SSSR count). The van der Waals surface area contributed by atoms with E-state index in [4.69, 9.17) is 10.1 Å². The Morgan fingerprint density at radius 3 is 2.50 bits per heavy atom. The molecule has 1 aliphatic heterocycles. The van der Waals surface area contributed by atoms with Crippen molar-refractivity contribution in [3.63, 3.8) is 0 Å². The molecular weight excluding hydrogens is 456 g/mol. The van der Waals surface area contributed by atoms with E-state index in [0.717, 1.165) is 22.5 Å².